The van der Waals surface area contributed by atoms with Gasteiger partial charge in [0.15, 0.2) is 11.5 Å². The molecule has 0 radical (unpaired) electrons. The Labute approximate surface area is 179 Å². The molecule has 1 aliphatic heterocycles. The summed E-state index contributed by atoms with van der Waals surface area (Å²) in [7, 11) is 2.99. The lowest BCUT2D eigenvalue weighted by atomic mass is 9.95. The lowest BCUT2D eigenvalue weighted by Crippen LogP contribution is -2.31. The predicted octanol–water partition coefficient (Wildman–Crippen LogP) is 3.16. The predicted molar refractivity (Wildman–Crippen MR) is 112 cm³/mol. The molecular formula is C22H22ClNO6. The summed E-state index contributed by atoms with van der Waals surface area (Å²) >= 11 is 5.92. The van der Waals surface area contributed by atoms with E-state index in [1.54, 1.807) is 42.5 Å². The van der Waals surface area contributed by atoms with Crippen LogP contribution in [-0.2, 0) is 9.59 Å². The van der Waals surface area contributed by atoms with E-state index in [9.17, 15) is 19.8 Å². The van der Waals surface area contributed by atoms with Crippen molar-refractivity contribution in [1.82, 2.24) is 4.90 Å². The molecule has 0 unspecified atom stereocenters. The first-order valence-electron chi connectivity index (χ1n) is 9.30. The molecule has 0 aromatic heterocycles. The summed E-state index contributed by atoms with van der Waals surface area (Å²) in [5, 5.41) is 20.6. The zero-order valence-corrected chi connectivity index (χ0v) is 17.3. The number of likely N-dealkylation sites (tertiary alicyclic amines) is 1. The summed E-state index contributed by atoms with van der Waals surface area (Å²) in [4.78, 5) is 27.0. The van der Waals surface area contributed by atoms with E-state index in [4.69, 9.17) is 21.1 Å². The molecule has 8 heteroatoms. The molecule has 2 aromatic rings. The number of halogens is 1. The Hall–Kier alpha value is -3.03. The number of Topliss-reactive ketones (excluding diaryl/α,β-unsaturated/α-hetero) is 1. The Balaban J connectivity index is 2.18. The maximum atomic E-state index is 12.9. The fraction of sp³-hybridized carbons (Fsp3) is 0.273. The van der Waals surface area contributed by atoms with Crippen LogP contribution >= 0.6 is 11.6 Å². The first-order valence-corrected chi connectivity index (χ1v) is 9.67. The van der Waals surface area contributed by atoms with Crippen LogP contribution < -0.4 is 9.47 Å². The van der Waals surface area contributed by atoms with E-state index in [2.05, 4.69) is 0 Å². The highest BCUT2D eigenvalue weighted by atomic mass is 35.5. The van der Waals surface area contributed by atoms with Gasteiger partial charge >= 0.3 is 0 Å². The van der Waals surface area contributed by atoms with Crippen LogP contribution in [0.4, 0.5) is 0 Å². The fourth-order valence-corrected chi connectivity index (χ4v) is 3.61. The minimum Gasteiger partial charge on any atom is -0.507 e. The molecule has 1 heterocycles. The van der Waals surface area contributed by atoms with Crippen LogP contribution in [0, 0.1) is 0 Å². The highest BCUT2D eigenvalue weighted by Gasteiger charge is 2.46. The molecule has 158 valence electrons. The van der Waals surface area contributed by atoms with Gasteiger partial charge in [-0.1, -0.05) is 17.7 Å². The van der Waals surface area contributed by atoms with Gasteiger partial charge in [0.2, 0.25) is 0 Å². The fourth-order valence-electron chi connectivity index (χ4n) is 3.48. The number of hydrogen-bond acceptors (Lipinski definition) is 6. The summed E-state index contributed by atoms with van der Waals surface area (Å²) in [6.45, 7) is 0.0102. The molecule has 1 amide bonds. The van der Waals surface area contributed by atoms with Gasteiger partial charge in [-0.2, -0.15) is 0 Å². The Bertz CT molecular complexity index is 986. The van der Waals surface area contributed by atoms with Crippen LogP contribution in [0.1, 0.15) is 23.6 Å². The average molecular weight is 432 g/mol. The Morgan fingerprint density at radius 2 is 1.73 bits per heavy atom. The second-order valence-electron chi connectivity index (χ2n) is 6.69. The number of nitrogens with zero attached hydrogens (tertiary/aromatic N) is 1. The summed E-state index contributed by atoms with van der Waals surface area (Å²) in [6, 6.07) is 10.5. The smallest absolute Gasteiger partial charge is 0.295 e. The number of benzene rings is 2. The second kappa shape index (κ2) is 9.19. The Morgan fingerprint density at radius 1 is 1.07 bits per heavy atom. The molecule has 3 rings (SSSR count). The van der Waals surface area contributed by atoms with Gasteiger partial charge in [0.05, 0.1) is 25.8 Å². The zero-order valence-electron chi connectivity index (χ0n) is 16.6. The van der Waals surface area contributed by atoms with Gasteiger partial charge in [0.1, 0.15) is 5.76 Å². The summed E-state index contributed by atoms with van der Waals surface area (Å²) in [5.74, 6) is -0.907. The van der Waals surface area contributed by atoms with Gasteiger partial charge in [-0.15, -0.1) is 0 Å². The number of methoxy groups -OCH3 is 2. The number of carbonyl (C=O) groups excluding carboxylic acids is 2. The van der Waals surface area contributed by atoms with Crippen molar-refractivity contribution in [3.63, 3.8) is 0 Å². The summed E-state index contributed by atoms with van der Waals surface area (Å²) in [6.07, 6.45) is 0.289. The van der Waals surface area contributed by atoms with Crippen LogP contribution in [0.25, 0.3) is 5.76 Å². The standard InChI is InChI=1S/C22H22ClNO6/c1-29-16-9-6-14(12-17(16)30-2)19-18(20(26)13-4-7-15(23)8-5-13)21(27)22(28)24(19)10-3-11-25/h4-9,12,19,25-26H,3,10-11H2,1-2H3/b20-18+/t19-/m1/s1. The van der Waals surface area contributed by atoms with E-state index in [0.717, 1.165) is 0 Å². The van der Waals surface area contributed by atoms with Crippen LogP contribution in [0.5, 0.6) is 11.5 Å². The van der Waals surface area contributed by atoms with Crippen molar-refractivity contribution in [2.24, 2.45) is 0 Å². The van der Waals surface area contributed by atoms with E-state index in [-0.39, 0.29) is 30.9 Å². The number of ketones is 1. The van der Waals surface area contributed by atoms with E-state index >= 15 is 0 Å². The van der Waals surface area contributed by atoms with Crippen molar-refractivity contribution < 1.29 is 29.3 Å². The molecule has 1 aliphatic rings. The van der Waals surface area contributed by atoms with E-state index < -0.39 is 17.7 Å². The summed E-state index contributed by atoms with van der Waals surface area (Å²) in [5.41, 5.74) is 0.901. The number of aliphatic hydroxyl groups is 2. The molecule has 1 atom stereocenters. The molecular weight excluding hydrogens is 410 g/mol. The SMILES string of the molecule is COc1ccc([C@@H]2/C(=C(\O)c3ccc(Cl)cc3)C(=O)C(=O)N2CCCO)cc1OC. The highest BCUT2D eigenvalue weighted by Crippen LogP contribution is 2.42. The third kappa shape index (κ3) is 3.99. The van der Waals surface area contributed by atoms with Gasteiger partial charge in [-0.25, -0.2) is 0 Å². The number of ether oxygens (including phenoxy) is 2. The monoisotopic (exact) mass is 431 g/mol. The van der Waals surface area contributed by atoms with E-state index in [0.29, 0.717) is 27.6 Å². The molecule has 2 N–H and O–H groups in total. The van der Waals surface area contributed by atoms with Gasteiger partial charge in [-0.05, 0) is 48.4 Å². The van der Waals surface area contributed by atoms with Crippen LogP contribution in [0.15, 0.2) is 48.0 Å². The summed E-state index contributed by atoms with van der Waals surface area (Å²) < 4.78 is 10.6. The molecule has 0 bridgehead atoms. The van der Waals surface area contributed by atoms with E-state index in [1.165, 1.54) is 19.1 Å². The van der Waals surface area contributed by atoms with Crippen molar-refractivity contribution in [1.29, 1.82) is 0 Å². The molecule has 0 aliphatic carbocycles. The minimum absolute atomic E-state index is 0.0347. The zero-order chi connectivity index (χ0) is 21.8. The lowest BCUT2D eigenvalue weighted by molar-refractivity contribution is -0.140. The highest BCUT2D eigenvalue weighted by molar-refractivity contribution is 6.46. The molecule has 30 heavy (non-hydrogen) atoms. The minimum atomic E-state index is -0.841. The number of hydrogen-bond donors (Lipinski definition) is 2. The lowest BCUT2D eigenvalue weighted by Gasteiger charge is -2.25. The maximum Gasteiger partial charge on any atom is 0.295 e. The third-order valence-electron chi connectivity index (χ3n) is 4.94. The largest absolute Gasteiger partial charge is 0.507 e. The number of rotatable bonds is 7. The van der Waals surface area contributed by atoms with Crippen molar-refractivity contribution in [2.75, 3.05) is 27.4 Å². The molecule has 1 saturated heterocycles. The topological polar surface area (TPSA) is 96.3 Å². The quantitative estimate of drug-likeness (QED) is 0.397. The Morgan fingerprint density at radius 3 is 2.33 bits per heavy atom. The van der Waals surface area contributed by atoms with Crippen molar-refractivity contribution in [3.8, 4) is 11.5 Å². The molecule has 0 saturated carbocycles. The molecule has 0 spiro atoms. The third-order valence-corrected chi connectivity index (χ3v) is 5.19. The molecule has 7 nitrogen and oxygen atoms in total. The van der Waals surface area contributed by atoms with Gasteiger partial charge in [-0.3, -0.25) is 9.59 Å². The van der Waals surface area contributed by atoms with Crippen LogP contribution in [0.2, 0.25) is 5.02 Å². The first-order chi connectivity index (χ1) is 14.4. The van der Waals surface area contributed by atoms with Gasteiger partial charge in [0.25, 0.3) is 11.7 Å². The normalized spacial score (nSPS) is 18.0. The van der Waals surface area contributed by atoms with Gasteiger partial charge in [0, 0.05) is 23.7 Å². The maximum absolute atomic E-state index is 12.9. The number of amides is 1. The van der Waals surface area contributed by atoms with Crippen LogP contribution in [-0.4, -0.2) is 54.2 Å². The van der Waals surface area contributed by atoms with Gasteiger partial charge < -0.3 is 24.6 Å². The van der Waals surface area contributed by atoms with Crippen molar-refractivity contribution in [2.45, 2.75) is 12.5 Å². The molecule has 1 fully saturated rings. The van der Waals surface area contributed by atoms with Crippen molar-refractivity contribution >= 4 is 29.1 Å². The van der Waals surface area contributed by atoms with Crippen molar-refractivity contribution in [3.05, 3.63) is 64.2 Å². The average Bonchev–Trinajstić information content (AvgIpc) is 3.01. The number of aliphatic hydroxyl groups excluding tert-OH is 2. The van der Waals surface area contributed by atoms with E-state index in [1.807, 2.05) is 0 Å². The first kappa shape index (κ1) is 21.7. The molecule has 2 aromatic carbocycles. The Kier molecular flexibility index (Phi) is 6.64. The number of carbonyl (C=O) groups is 2. The van der Waals surface area contributed by atoms with Crippen LogP contribution in [0.3, 0.4) is 0 Å². The second-order valence-corrected chi connectivity index (χ2v) is 7.13.